The molecule has 1 aliphatic heterocycles. The predicted octanol–water partition coefficient (Wildman–Crippen LogP) is 2.39. The van der Waals surface area contributed by atoms with Crippen molar-refractivity contribution >= 4 is 17.2 Å². The van der Waals surface area contributed by atoms with Crippen LogP contribution in [0.2, 0.25) is 0 Å². The Morgan fingerprint density at radius 2 is 2.29 bits per heavy atom. The maximum Gasteiger partial charge on any atom is 0.261 e. The zero-order valence-electron chi connectivity index (χ0n) is 10.4. The SMILES string of the molecule is CCCc1sc(C(=O)NC2COC2)cc1CC. The standard InChI is InChI=1S/C13H19NO2S/c1-3-5-11-9(4-2)6-12(17-11)13(15)14-10-7-16-8-10/h6,10H,3-5,7-8H2,1-2H3,(H,14,15). The Morgan fingerprint density at radius 3 is 2.82 bits per heavy atom. The third-order valence-electron chi connectivity index (χ3n) is 2.95. The number of carbonyl (C=O) groups is 1. The molecule has 1 amide bonds. The minimum Gasteiger partial charge on any atom is -0.377 e. The fourth-order valence-electron chi connectivity index (χ4n) is 1.89. The Hall–Kier alpha value is -0.870. The fourth-order valence-corrected chi connectivity index (χ4v) is 3.15. The van der Waals surface area contributed by atoms with Crippen LogP contribution in [0.3, 0.4) is 0 Å². The van der Waals surface area contributed by atoms with Crippen molar-refractivity contribution in [3.63, 3.8) is 0 Å². The molecule has 17 heavy (non-hydrogen) atoms. The van der Waals surface area contributed by atoms with Gasteiger partial charge in [0.15, 0.2) is 0 Å². The van der Waals surface area contributed by atoms with Crippen LogP contribution < -0.4 is 5.32 Å². The molecule has 1 aliphatic rings. The molecule has 94 valence electrons. The molecule has 0 unspecified atom stereocenters. The van der Waals surface area contributed by atoms with Gasteiger partial charge in [0.25, 0.3) is 5.91 Å². The lowest BCUT2D eigenvalue weighted by Crippen LogP contribution is -2.48. The first-order chi connectivity index (χ1) is 8.24. The Kier molecular flexibility index (Phi) is 4.18. The largest absolute Gasteiger partial charge is 0.377 e. The number of hydrogen-bond donors (Lipinski definition) is 1. The number of ether oxygens (including phenoxy) is 1. The Morgan fingerprint density at radius 1 is 1.53 bits per heavy atom. The molecule has 0 aliphatic carbocycles. The van der Waals surface area contributed by atoms with Gasteiger partial charge in [0, 0.05) is 4.88 Å². The van der Waals surface area contributed by atoms with Crippen molar-refractivity contribution < 1.29 is 9.53 Å². The average Bonchev–Trinajstić information content (AvgIpc) is 2.67. The lowest BCUT2D eigenvalue weighted by Gasteiger charge is -2.26. The molecule has 4 heteroatoms. The van der Waals surface area contributed by atoms with Crippen LogP contribution in [0, 0.1) is 0 Å². The minimum atomic E-state index is 0.0559. The maximum absolute atomic E-state index is 12.0. The van der Waals surface area contributed by atoms with E-state index in [9.17, 15) is 4.79 Å². The smallest absolute Gasteiger partial charge is 0.261 e. The molecule has 0 bridgehead atoms. The van der Waals surface area contributed by atoms with Crippen LogP contribution in [0.1, 0.15) is 40.4 Å². The summed E-state index contributed by atoms with van der Waals surface area (Å²) in [5.74, 6) is 0.0559. The normalized spacial score (nSPS) is 15.6. The van der Waals surface area contributed by atoms with Gasteiger partial charge in [0.05, 0.1) is 24.1 Å². The van der Waals surface area contributed by atoms with Gasteiger partial charge >= 0.3 is 0 Å². The van der Waals surface area contributed by atoms with Crippen molar-refractivity contribution in [2.24, 2.45) is 0 Å². The lowest BCUT2D eigenvalue weighted by molar-refractivity contribution is -0.00339. The monoisotopic (exact) mass is 253 g/mol. The van der Waals surface area contributed by atoms with E-state index in [1.807, 2.05) is 6.07 Å². The van der Waals surface area contributed by atoms with Crippen molar-refractivity contribution in [1.82, 2.24) is 5.32 Å². The van der Waals surface area contributed by atoms with Gasteiger partial charge < -0.3 is 10.1 Å². The molecule has 2 rings (SSSR count). The molecule has 1 saturated heterocycles. The molecule has 0 saturated carbocycles. The number of aryl methyl sites for hydroxylation is 2. The highest BCUT2D eigenvalue weighted by atomic mass is 32.1. The van der Waals surface area contributed by atoms with Crippen LogP contribution in [0.25, 0.3) is 0 Å². The van der Waals surface area contributed by atoms with Crippen LogP contribution in [0.15, 0.2) is 6.07 Å². The number of thiophene rings is 1. The Labute approximate surface area is 106 Å². The van der Waals surface area contributed by atoms with Crippen LogP contribution in [0.5, 0.6) is 0 Å². The van der Waals surface area contributed by atoms with E-state index in [1.165, 1.54) is 10.4 Å². The summed E-state index contributed by atoms with van der Waals surface area (Å²) in [6.45, 7) is 5.62. The molecular weight excluding hydrogens is 234 g/mol. The quantitative estimate of drug-likeness (QED) is 0.875. The lowest BCUT2D eigenvalue weighted by atomic mass is 10.1. The third-order valence-corrected chi connectivity index (χ3v) is 4.19. The Balaban J connectivity index is 2.05. The van der Waals surface area contributed by atoms with Crippen molar-refractivity contribution in [2.45, 2.75) is 39.2 Å². The van der Waals surface area contributed by atoms with E-state index < -0.39 is 0 Å². The van der Waals surface area contributed by atoms with Crippen molar-refractivity contribution in [1.29, 1.82) is 0 Å². The van der Waals surface area contributed by atoms with Gasteiger partial charge in [-0.2, -0.15) is 0 Å². The van der Waals surface area contributed by atoms with Gasteiger partial charge in [-0.15, -0.1) is 11.3 Å². The molecule has 1 N–H and O–H groups in total. The summed E-state index contributed by atoms with van der Waals surface area (Å²) < 4.78 is 5.05. The molecule has 0 radical (unpaired) electrons. The molecule has 1 fully saturated rings. The van der Waals surface area contributed by atoms with Crippen LogP contribution >= 0.6 is 11.3 Å². The van der Waals surface area contributed by atoms with E-state index in [0.29, 0.717) is 13.2 Å². The molecule has 0 spiro atoms. The summed E-state index contributed by atoms with van der Waals surface area (Å²) in [6.07, 6.45) is 3.21. The van der Waals surface area contributed by atoms with Crippen LogP contribution in [-0.2, 0) is 17.6 Å². The summed E-state index contributed by atoms with van der Waals surface area (Å²) in [5.41, 5.74) is 1.33. The fraction of sp³-hybridized carbons (Fsp3) is 0.615. The van der Waals surface area contributed by atoms with Crippen molar-refractivity contribution in [3.8, 4) is 0 Å². The average molecular weight is 253 g/mol. The summed E-state index contributed by atoms with van der Waals surface area (Å²) in [4.78, 5) is 14.2. The van der Waals surface area contributed by atoms with Gasteiger partial charge in [-0.25, -0.2) is 0 Å². The summed E-state index contributed by atoms with van der Waals surface area (Å²) in [6, 6.07) is 2.26. The molecule has 0 atom stereocenters. The molecule has 3 nitrogen and oxygen atoms in total. The third kappa shape index (κ3) is 2.87. The van der Waals surface area contributed by atoms with E-state index in [2.05, 4.69) is 19.2 Å². The molecule has 2 heterocycles. The van der Waals surface area contributed by atoms with Gasteiger partial charge in [0.1, 0.15) is 0 Å². The first-order valence-electron chi connectivity index (χ1n) is 6.24. The number of rotatable bonds is 5. The molecular formula is C13H19NO2S. The van der Waals surface area contributed by atoms with E-state index >= 15 is 0 Å². The van der Waals surface area contributed by atoms with Crippen molar-refractivity contribution in [2.75, 3.05) is 13.2 Å². The van der Waals surface area contributed by atoms with E-state index in [-0.39, 0.29) is 11.9 Å². The van der Waals surface area contributed by atoms with Crippen molar-refractivity contribution in [3.05, 3.63) is 21.4 Å². The second-order valence-corrected chi connectivity index (χ2v) is 5.51. The second kappa shape index (κ2) is 5.65. The van der Waals surface area contributed by atoms with Gasteiger partial charge in [0.2, 0.25) is 0 Å². The van der Waals surface area contributed by atoms with E-state index in [4.69, 9.17) is 4.74 Å². The van der Waals surface area contributed by atoms with Crippen LogP contribution in [0.4, 0.5) is 0 Å². The summed E-state index contributed by atoms with van der Waals surface area (Å²) >= 11 is 1.64. The zero-order valence-corrected chi connectivity index (χ0v) is 11.2. The molecule has 1 aromatic rings. The maximum atomic E-state index is 12.0. The zero-order chi connectivity index (χ0) is 12.3. The predicted molar refractivity (Wildman–Crippen MR) is 69.8 cm³/mol. The Bertz CT molecular complexity index is 396. The number of hydrogen-bond acceptors (Lipinski definition) is 3. The topological polar surface area (TPSA) is 38.3 Å². The van der Waals surface area contributed by atoms with E-state index in [0.717, 1.165) is 24.1 Å². The summed E-state index contributed by atoms with van der Waals surface area (Å²) in [7, 11) is 0. The van der Waals surface area contributed by atoms with Gasteiger partial charge in [-0.05, 0) is 24.5 Å². The highest BCUT2D eigenvalue weighted by molar-refractivity contribution is 7.14. The summed E-state index contributed by atoms with van der Waals surface area (Å²) in [5, 5.41) is 2.99. The van der Waals surface area contributed by atoms with Gasteiger partial charge in [-0.1, -0.05) is 20.3 Å². The highest BCUT2D eigenvalue weighted by Crippen LogP contribution is 2.24. The number of nitrogens with one attached hydrogen (secondary N) is 1. The minimum absolute atomic E-state index is 0.0559. The molecule has 0 aromatic carbocycles. The first kappa shape index (κ1) is 12.6. The van der Waals surface area contributed by atoms with E-state index in [1.54, 1.807) is 11.3 Å². The molecule has 1 aromatic heterocycles. The number of carbonyl (C=O) groups excluding carboxylic acids is 1. The van der Waals surface area contributed by atoms with Gasteiger partial charge in [-0.3, -0.25) is 4.79 Å². The first-order valence-corrected chi connectivity index (χ1v) is 7.06. The van der Waals surface area contributed by atoms with Crippen LogP contribution in [-0.4, -0.2) is 25.2 Å². The second-order valence-electron chi connectivity index (χ2n) is 4.37. The number of amides is 1. The highest BCUT2D eigenvalue weighted by Gasteiger charge is 2.22.